The Hall–Kier alpha value is -2.71. The number of nitrogens with one attached hydrogen (secondary N) is 1. The predicted molar refractivity (Wildman–Crippen MR) is 99.7 cm³/mol. The van der Waals surface area contributed by atoms with E-state index < -0.39 is 5.91 Å². The molecule has 1 aromatic heterocycles. The number of primary amides is 1. The van der Waals surface area contributed by atoms with Crippen LogP contribution >= 0.6 is 23.1 Å². The zero-order valence-electron chi connectivity index (χ0n) is 13.0. The van der Waals surface area contributed by atoms with E-state index in [9.17, 15) is 9.59 Å². The van der Waals surface area contributed by atoms with Crippen LogP contribution in [-0.4, -0.2) is 27.8 Å². The molecule has 0 bridgehead atoms. The molecule has 2 aromatic carbocycles. The van der Waals surface area contributed by atoms with Crippen LogP contribution in [0.4, 0.5) is 5.13 Å². The number of nitrogens with zero attached hydrogens (tertiary/aromatic N) is 2. The Bertz CT molecular complexity index is 896. The Labute approximate surface area is 152 Å². The third-order valence-corrected chi connectivity index (χ3v) is 5.15. The van der Waals surface area contributed by atoms with Crippen LogP contribution in [0.5, 0.6) is 0 Å². The van der Waals surface area contributed by atoms with Gasteiger partial charge in [-0.1, -0.05) is 53.8 Å². The smallest absolute Gasteiger partial charge is 0.258 e. The van der Waals surface area contributed by atoms with E-state index in [2.05, 4.69) is 15.5 Å². The van der Waals surface area contributed by atoms with Crippen molar-refractivity contribution in [1.82, 2.24) is 10.2 Å². The predicted octanol–water partition coefficient (Wildman–Crippen LogP) is 3.03. The number of carbonyl (C=O) groups excluding carboxylic acids is 2. The highest BCUT2D eigenvalue weighted by Gasteiger charge is 2.15. The largest absolute Gasteiger partial charge is 0.369 e. The van der Waals surface area contributed by atoms with E-state index in [4.69, 9.17) is 5.73 Å². The first kappa shape index (κ1) is 17.1. The molecule has 0 radical (unpaired) electrons. The molecule has 0 aliphatic carbocycles. The highest BCUT2D eigenvalue weighted by molar-refractivity contribution is 8.00. The van der Waals surface area contributed by atoms with Crippen molar-refractivity contribution in [3.63, 3.8) is 0 Å². The van der Waals surface area contributed by atoms with Crippen molar-refractivity contribution >= 4 is 40.0 Å². The number of rotatable bonds is 6. The number of nitrogens with two attached hydrogens (primary N) is 1. The molecule has 3 rings (SSSR count). The molecule has 6 nitrogen and oxygen atoms in total. The summed E-state index contributed by atoms with van der Waals surface area (Å²) in [7, 11) is 0. The molecule has 0 saturated carbocycles. The van der Waals surface area contributed by atoms with Crippen LogP contribution in [0.3, 0.4) is 0 Å². The summed E-state index contributed by atoms with van der Waals surface area (Å²) in [5.41, 5.74) is 6.58. The van der Waals surface area contributed by atoms with Crippen molar-refractivity contribution in [2.75, 3.05) is 11.1 Å². The lowest BCUT2D eigenvalue weighted by Crippen LogP contribution is -2.15. The number of thioether (sulfide) groups is 1. The molecule has 0 atom stereocenters. The number of anilines is 1. The van der Waals surface area contributed by atoms with E-state index in [1.807, 2.05) is 30.3 Å². The van der Waals surface area contributed by atoms with E-state index in [1.54, 1.807) is 24.3 Å². The minimum Gasteiger partial charge on any atom is -0.369 e. The number of aromatic nitrogens is 2. The Morgan fingerprint density at radius 2 is 1.76 bits per heavy atom. The number of hydrogen-bond acceptors (Lipinski definition) is 6. The van der Waals surface area contributed by atoms with Crippen LogP contribution in [-0.2, 0) is 4.79 Å². The fourth-order valence-corrected chi connectivity index (χ4v) is 3.60. The highest BCUT2D eigenvalue weighted by atomic mass is 32.2. The van der Waals surface area contributed by atoms with Gasteiger partial charge in [0.1, 0.15) is 5.01 Å². The second-order valence-electron chi connectivity index (χ2n) is 4.98. The molecule has 0 aliphatic rings. The van der Waals surface area contributed by atoms with Gasteiger partial charge < -0.3 is 5.73 Å². The fourth-order valence-electron chi connectivity index (χ4n) is 2.06. The van der Waals surface area contributed by atoms with Crippen molar-refractivity contribution in [1.29, 1.82) is 0 Å². The van der Waals surface area contributed by atoms with Gasteiger partial charge in [-0.15, -0.1) is 22.0 Å². The summed E-state index contributed by atoms with van der Waals surface area (Å²) < 4.78 is 0. The summed E-state index contributed by atoms with van der Waals surface area (Å²) >= 11 is 2.53. The topological polar surface area (TPSA) is 98.0 Å². The molecule has 0 saturated heterocycles. The van der Waals surface area contributed by atoms with E-state index in [0.29, 0.717) is 15.6 Å². The van der Waals surface area contributed by atoms with E-state index in [1.165, 1.54) is 23.1 Å². The number of hydrogen-bond donors (Lipinski definition) is 2. The Balaban J connectivity index is 1.75. The molecule has 0 fully saturated rings. The van der Waals surface area contributed by atoms with Gasteiger partial charge in [0.25, 0.3) is 5.91 Å². The summed E-state index contributed by atoms with van der Waals surface area (Å²) in [5.74, 6) is -0.624. The molecule has 0 unspecified atom stereocenters. The van der Waals surface area contributed by atoms with Crippen LogP contribution in [0.1, 0.15) is 10.4 Å². The van der Waals surface area contributed by atoms with Crippen molar-refractivity contribution in [3.8, 4) is 10.6 Å². The first-order valence-electron chi connectivity index (χ1n) is 7.34. The fraction of sp³-hybridized carbons (Fsp3) is 0.0588. The molecule has 126 valence electrons. The zero-order valence-corrected chi connectivity index (χ0v) is 14.6. The van der Waals surface area contributed by atoms with Gasteiger partial charge in [0.05, 0.1) is 11.3 Å². The normalized spacial score (nSPS) is 10.4. The van der Waals surface area contributed by atoms with Crippen LogP contribution in [0.2, 0.25) is 0 Å². The van der Waals surface area contributed by atoms with Crippen LogP contribution < -0.4 is 11.1 Å². The maximum atomic E-state index is 12.5. The zero-order chi connectivity index (χ0) is 17.6. The second kappa shape index (κ2) is 7.91. The van der Waals surface area contributed by atoms with Crippen molar-refractivity contribution in [2.45, 2.75) is 4.90 Å². The molecule has 3 aromatic rings. The van der Waals surface area contributed by atoms with Gasteiger partial charge in [-0.2, -0.15) is 0 Å². The molecule has 25 heavy (non-hydrogen) atoms. The Morgan fingerprint density at radius 1 is 1.04 bits per heavy atom. The number of amides is 2. The van der Waals surface area contributed by atoms with Gasteiger partial charge in [0.2, 0.25) is 11.0 Å². The Kier molecular flexibility index (Phi) is 5.42. The molecule has 3 N–H and O–H groups in total. The van der Waals surface area contributed by atoms with E-state index in [-0.39, 0.29) is 11.7 Å². The lowest BCUT2D eigenvalue weighted by atomic mass is 10.2. The lowest BCUT2D eigenvalue weighted by molar-refractivity contribution is -0.115. The molecule has 2 amide bonds. The molecular weight excluding hydrogens is 356 g/mol. The SMILES string of the molecule is NC(=O)CSc1ccccc1C(=O)Nc1nnc(-c2ccccc2)s1. The first-order chi connectivity index (χ1) is 12.1. The monoisotopic (exact) mass is 370 g/mol. The molecule has 8 heteroatoms. The van der Waals surface area contributed by atoms with Gasteiger partial charge in [-0.05, 0) is 12.1 Å². The highest BCUT2D eigenvalue weighted by Crippen LogP contribution is 2.27. The molecular formula is C17H14N4O2S2. The standard InChI is InChI=1S/C17H14N4O2S2/c18-14(22)10-24-13-9-5-4-8-12(13)15(23)19-17-21-20-16(25-17)11-6-2-1-3-7-11/h1-9H,10H2,(H2,18,22)(H,19,21,23). The van der Waals surface area contributed by atoms with Gasteiger partial charge in [0.15, 0.2) is 0 Å². The quantitative estimate of drug-likeness (QED) is 0.650. The second-order valence-corrected chi connectivity index (χ2v) is 6.98. The summed E-state index contributed by atoms with van der Waals surface area (Å²) in [6.07, 6.45) is 0. The minimum atomic E-state index is -0.433. The average molecular weight is 370 g/mol. The van der Waals surface area contributed by atoms with Crippen LogP contribution in [0, 0.1) is 0 Å². The maximum Gasteiger partial charge on any atom is 0.258 e. The first-order valence-corrected chi connectivity index (χ1v) is 9.14. The summed E-state index contributed by atoms with van der Waals surface area (Å²) in [5, 5.41) is 12.0. The van der Waals surface area contributed by atoms with Crippen molar-refractivity contribution in [2.24, 2.45) is 5.73 Å². The van der Waals surface area contributed by atoms with Gasteiger partial charge >= 0.3 is 0 Å². The Morgan fingerprint density at radius 3 is 2.52 bits per heavy atom. The molecule has 1 heterocycles. The van der Waals surface area contributed by atoms with E-state index in [0.717, 1.165) is 10.6 Å². The van der Waals surface area contributed by atoms with Gasteiger partial charge in [-0.25, -0.2) is 0 Å². The van der Waals surface area contributed by atoms with Crippen LogP contribution in [0.25, 0.3) is 10.6 Å². The van der Waals surface area contributed by atoms with E-state index >= 15 is 0 Å². The van der Waals surface area contributed by atoms with Gasteiger partial charge in [-0.3, -0.25) is 14.9 Å². The maximum absolute atomic E-state index is 12.5. The van der Waals surface area contributed by atoms with Crippen molar-refractivity contribution in [3.05, 3.63) is 60.2 Å². The molecule has 0 spiro atoms. The summed E-state index contributed by atoms with van der Waals surface area (Å²) in [6, 6.07) is 16.7. The summed E-state index contributed by atoms with van der Waals surface area (Å²) in [6.45, 7) is 0. The third kappa shape index (κ3) is 4.43. The van der Waals surface area contributed by atoms with Gasteiger partial charge in [0, 0.05) is 10.5 Å². The number of carbonyl (C=O) groups is 2. The third-order valence-electron chi connectivity index (χ3n) is 3.17. The molecule has 0 aliphatic heterocycles. The lowest BCUT2D eigenvalue weighted by Gasteiger charge is -2.07. The van der Waals surface area contributed by atoms with Crippen LogP contribution in [0.15, 0.2) is 59.5 Å². The summed E-state index contributed by atoms with van der Waals surface area (Å²) in [4.78, 5) is 24.2. The minimum absolute atomic E-state index is 0.112. The average Bonchev–Trinajstić information content (AvgIpc) is 3.09. The number of benzene rings is 2. The van der Waals surface area contributed by atoms with Crippen molar-refractivity contribution < 1.29 is 9.59 Å².